The number of halogens is 12. The van der Waals surface area contributed by atoms with E-state index in [1.54, 1.807) is 0 Å². The zero-order chi connectivity index (χ0) is 19.3. The van der Waals surface area contributed by atoms with Crippen molar-refractivity contribution in [3.05, 3.63) is 0 Å². The van der Waals surface area contributed by atoms with E-state index in [-0.39, 0.29) is 0 Å². The van der Waals surface area contributed by atoms with Crippen molar-refractivity contribution in [3.8, 4) is 0 Å². The number of hydrogen-bond acceptors (Lipinski definition) is 2. The second kappa shape index (κ2) is 5.56. The molecule has 0 amide bonds. The first-order valence-electron chi connectivity index (χ1n) is 4.79. The van der Waals surface area contributed by atoms with Crippen molar-refractivity contribution >= 4 is 10.1 Å². The predicted octanol–water partition coefficient (Wildman–Crippen LogP) is 3.32. The van der Waals surface area contributed by atoms with Crippen molar-refractivity contribution in [3.63, 3.8) is 0 Å². The Morgan fingerprint density at radius 2 is 1.13 bits per heavy atom. The molecule has 0 aromatic rings. The van der Waals surface area contributed by atoms with E-state index < -0.39 is 51.9 Å². The Kier molecular flexibility index (Phi) is 5.34. The second-order valence-corrected chi connectivity index (χ2v) is 5.42. The molecule has 0 aliphatic rings. The summed E-state index contributed by atoms with van der Waals surface area (Å²) in [4.78, 5) is 0. The summed E-state index contributed by atoms with van der Waals surface area (Å²) in [6.07, 6.45) is -4.81. The van der Waals surface area contributed by atoms with E-state index in [1.807, 2.05) is 0 Å². The molecule has 0 bridgehead atoms. The van der Waals surface area contributed by atoms with Crippen LogP contribution in [0.5, 0.6) is 0 Å². The van der Waals surface area contributed by atoms with Gasteiger partial charge in [-0.1, -0.05) is 0 Å². The molecule has 0 radical (unpaired) electrons. The highest BCUT2D eigenvalue weighted by Crippen LogP contribution is 2.58. The molecule has 1 N–H and O–H groups in total. The van der Waals surface area contributed by atoms with E-state index >= 15 is 0 Å². The van der Waals surface area contributed by atoms with Gasteiger partial charge in [-0.2, -0.15) is 52.3 Å². The van der Waals surface area contributed by atoms with Crippen LogP contribution in [0, 0.1) is 0 Å². The predicted molar refractivity (Wildman–Crippen MR) is 47.2 cm³/mol. The number of hydrogen-bond donors (Lipinski definition) is 1. The molecular formula is C7H4F12O3S. The molecule has 0 aliphatic carbocycles. The lowest BCUT2D eigenvalue weighted by atomic mass is 9.96. The van der Waals surface area contributed by atoms with Crippen LogP contribution in [0.25, 0.3) is 0 Å². The summed E-state index contributed by atoms with van der Waals surface area (Å²) in [6, 6.07) is 0. The molecule has 0 aromatic heterocycles. The zero-order valence-corrected chi connectivity index (χ0v) is 10.8. The van der Waals surface area contributed by atoms with Crippen LogP contribution < -0.4 is 0 Å². The van der Waals surface area contributed by atoms with Crippen LogP contribution in [0.2, 0.25) is 0 Å². The van der Waals surface area contributed by atoms with Crippen LogP contribution in [0.4, 0.5) is 52.7 Å². The highest BCUT2D eigenvalue weighted by molar-refractivity contribution is 7.87. The summed E-state index contributed by atoms with van der Waals surface area (Å²) in [5, 5.41) is -7.36. The fourth-order valence-electron chi connectivity index (χ4n) is 1.04. The van der Waals surface area contributed by atoms with Crippen molar-refractivity contribution < 1.29 is 65.7 Å². The fourth-order valence-corrected chi connectivity index (χ4v) is 1.50. The van der Waals surface area contributed by atoms with Gasteiger partial charge in [0.25, 0.3) is 0 Å². The average molecular weight is 396 g/mol. The van der Waals surface area contributed by atoms with Crippen LogP contribution in [0.15, 0.2) is 0 Å². The van der Waals surface area contributed by atoms with Crippen LogP contribution in [0.3, 0.4) is 0 Å². The van der Waals surface area contributed by atoms with Crippen LogP contribution >= 0.6 is 0 Å². The highest BCUT2D eigenvalue weighted by Gasteiger charge is 2.89. The van der Waals surface area contributed by atoms with Gasteiger partial charge in [-0.3, -0.25) is 4.55 Å². The second-order valence-electron chi connectivity index (χ2n) is 3.96. The van der Waals surface area contributed by atoms with E-state index in [0.29, 0.717) is 0 Å². The van der Waals surface area contributed by atoms with Crippen molar-refractivity contribution in [1.29, 1.82) is 0 Å². The van der Waals surface area contributed by atoms with Crippen LogP contribution in [-0.2, 0) is 10.1 Å². The molecule has 16 heteroatoms. The third-order valence-electron chi connectivity index (χ3n) is 2.43. The monoisotopic (exact) mass is 396 g/mol. The molecule has 0 aliphatic heterocycles. The molecule has 0 aromatic carbocycles. The summed E-state index contributed by atoms with van der Waals surface area (Å²) in [5.41, 5.74) is 0. The Hall–Kier alpha value is -0.930. The van der Waals surface area contributed by atoms with Gasteiger partial charge in [0.2, 0.25) is 0 Å². The minimum atomic E-state index is -7.91. The Labute approximate surface area is 119 Å². The Morgan fingerprint density at radius 3 is 1.39 bits per heavy atom. The molecule has 1 atom stereocenters. The van der Waals surface area contributed by atoms with Crippen molar-refractivity contribution in [2.45, 2.75) is 35.1 Å². The number of rotatable bonds is 7. The average Bonchev–Trinajstić information content (AvgIpc) is 2.35. The summed E-state index contributed by atoms with van der Waals surface area (Å²) in [5.74, 6) is -30.3. The maximum Gasteiger partial charge on any atom is 0.438 e. The molecule has 0 saturated heterocycles. The Bertz CT molecular complexity index is 541. The standard InChI is InChI=1S/C7H4F12O3S/c8-1-2(9)3(10,11)4(12,13)5(14,15)6(16,17)7(18,19)23(20,21)22/h2H,1H2,(H,20,21,22). The molecule has 23 heavy (non-hydrogen) atoms. The molecule has 0 heterocycles. The third-order valence-corrected chi connectivity index (χ3v) is 3.33. The third kappa shape index (κ3) is 2.83. The lowest BCUT2D eigenvalue weighted by Gasteiger charge is -2.38. The van der Waals surface area contributed by atoms with Gasteiger partial charge < -0.3 is 0 Å². The van der Waals surface area contributed by atoms with E-state index in [0.717, 1.165) is 0 Å². The normalized spacial score (nSPS) is 17.3. The molecule has 0 spiro atoms. The molecule has 1 unspecified atom stereocenters. The molecule has 0 fully saturated rings. The first-order chi connectivity index (χ1) is 9.73. The smallest absolute Gasteiger partial charge is 0.281 e. The first-order valence-corrected chi connectivity index (χ1v) is 6.23. The largest absolute Gasteiger partial charge is 0.438 e. The van der Waals surface area contributed by atoms with Gasteiger partial charge in [0.05, 0.1) is 0 Å². The maximum absolute atomic E-state index is 12.9. The van der Waals surface area contributed by atoms with Gasteiger partial charge >= 0.3 is 39.1 Å². The highest BCUT2D eigenvalue weighted by atomic mass is 32.2. The Balaban J connectivity index is 6.36. The molecule has 0 rings (SSSR count). The van der Waals surface area contributed by atoms with Gasteiger partial charge in [-0.15, -0.1) is 0 Å². The van der Waals surface area contributed by atoms with E-state index in [2.05, 4.69) is 0 Å². The van der Waals surface area contributed by atoms with Crippen LogP contribution in [0.1, 0.15) is 0 Å². The molecular weight excluding hydrogens is 392 g/mol. The van der Waals surface area contributed by atoms with Crippen molar-refractivity contribution in [1.82, 2.24) is 0 Å². The summed E-state index contributed by atoms with van der Waals surface area (Å²) < 4.78 is 179. The van der Waals surface area contributed by atoms with E-state index in [4.69, 9.17) is 4.55 Å². The maximum atomic E-state index is 12.9. The molecule has 3 nitrogen and oxygen atoms in total. The Morgan fingerprint density at radius 1 is 0.783 bits per heavy atom. The van der Waals surface area contributed by atoms with Crippen molar-refractivity contribution in [2.75, 3.05) is 6.67 Å². The van der Waals surface area contributed by atoms with E-state index in [1.165, 1.54) is 0 Å². The minimum Gasteiger partial charge on any atom is -0.281 e. The molecule has 0 saturated carbocycles. The summed E-state index contributed by atoms with van der Waals surface area (Å²) in [7, 11) is -7.48. The quantitative estimate of drug-likeness (QED) is 0.531. The summed E-state index contributed by atoms with van der Waals surface area (Å²) in [6.45, 7) is -3.08. The zero-order valence-electron chi connectivity index (χ0n) is 9.99. The lowest BCUT2D eigenvalue weighted by molar-refractivity contribution is -0.397. The SMILES string of the molecule is O=S(=O)(O)C(F)(F)C(F)(F)C(F)(F)C(F)(F)C(F)(F)C(F)CF. The van der Waals surface area contributed by atoms with Gasteiger partial charge in [-0.05, 0) is 0 Å². The van der Waals surface area contributed by atoms with Crippen LogP contribution in [-0.4, -0.2) is 54.8 Å². The van der Waals surface area contributed by atoms with Gasteiger partial charge in [0.1, 0.15) is 6.67 Å². The fraction of sp³-hybridized carbons (Fsp3) is 1.00. The minimum absolute atomic E-state index is 3.08. The molecule has 140 valence electrons. The van der Waals surface area contributed by atoms with Crippen molar-refractivity contribution in [2.24, 2.45) is 0 Å². The first kappa shape index (κ1) is 22.1. The van der Waals surface area contributed by atoms with E-state index in [9.17, 15) is 61.1 Å². The van der Waals surface area contributed by atoms with Gasteiger partial charge in [0.15, 0.2) is 6.17 Å². The number of alkyl halides is 12. The lowest BCUT2D eigenvalue weighted by Crippen LogP contribution is -2.70. The topological polar surface area (TPSA) is 54.4 Å². The van der Waals surface area contributed by atoms with Gasteiger partial charge in [-0.25, -0.2) is 8.78 Å². The summed E-state index contributed by atoms with van der Waals surface area (Å²) >= 11 is 0. The van der Waals surface area contributed by atoms with Gasteiger partial charge in [0, 0.05) is 0 Å².